The molecule has 0 N–H and O–H groups in total. The molecule has 0 saturated carbocycles. The SMILES string of the molecule is CC(C)(OC(=O)Cc1ccc2c(c1)N(S(=O)(=O)c1ccc(F)cc1)C[C@H](CCS(C)(=O)=O)O2)C(F)(F)F. The van der Waals surface area contributed by atoms with E-state index >= 15 is 0 Å². The van der Waals surface area contributed by atoms with E-state index in [0.717, 1.165) is 34.8 Å². The van der Waals surface area contributed by atoms with Crippen molar-refractivity contribution in [3.05, 3.63) is 53.8 Å². The van der Waals surface area contributed by atoms with E-state index in [4.69, 9.17) is 4.74 Å². The number of hydrogen-bond donors (Lipinski definition) is 0. The highest BCUT2D eigenvalue weighted by atomic mass is 32.2. The highest BCUT2D eigenvalue weighted by Gasteiger charge is 2.50. The molecule has 37 heavy (non-hydrogen) atoms. The Bertz CT molecular complexity index is 1370. The first-order valence-corrected chi connectivity index (χ1v) is 14.4. The summed E-state index contributed by atoms with van der Waals surface area (Å²) >= 11 is 0. The van der Waals surface area contributed by atoms with Gasteiger partial charge in [0.15, 0.2) is 0 Å². The molecule has 0 aromatic heterocycles. The Labute approximate surface area is 212 Å². The molecule has 0 saturated heterocycles. The third-order valence-corrected chi connectivity index (χ3v) is 8.34. The number of carbonyl (C=O) groups is 1. The van der Waals surface area contributed by atoms with Crippen LogP contribution in [-0.2, 0) is 35.8 Å². The highest BCUT2D eigenvalue weighted by molar-refractivity contribution is 7.92. The smallest absolute Gasteiger partial charge is 0.427 e. The third kappa shape index (κ3) is 6.92. The van der Waals surface area contributed by atoms with Crippen molar-refractivity contribution in [2.45, 2.75) is 49.5 Å². The number of sulfone groups is 1. The largest absolute Gasteiger partial charge is 0.486 e. The Balaban J connectivity index is 1.96. The number of ether oxygens (including phenoxy) is 2. The van der Waals surface area contributed by atoms with Crippen LogP contribution < -0.4 is 9.04 Å². The Morgan fingerprint density at radius 1 is 1.08 bits per heavy atom. The summed E-state index contributed by atoms with van der Waals surface area (Å²) in [5.74, 6) is -2.05. The van der Waals surface area contributed by atoms with Crippen LogP contribution >= 0.6 is 0 Å². The van der Waals surface area contributed by atoms with E-state index in [-0.39, 0.29) is 40.6 Å². The fourth-order valence-corrected chi connectivity index (χ4v) is 5.66. The minimum atomic E-state index is -4.80. The molecule has 2 aromatic carbocycles. The van der Waals surface area contributed by atoms with Crippen molar-refractivity contribution in [1.29, 1.82) is 0 Å². The predicted molar refractivity (Wildman–Crippen MR) is 126 cm³/mol. The van der Waals surface area contributed by atoms with E-state index in [1.165, 1.54) is 18.2 Å². The lowest BCUT2D eigenvalue weighted by Crippen LogP contribution is -2.44. The van der Waals surface area contributed by atoms with Gasteiger partial charge in [0.05, 0.1) is 29.3 Å². The summed E-state index contributed by atoms with van der Waals surface area (Å²) < 4.78 is 114. The van der Waals surface area contributed by atoms with Crippen LogP contribution in [-0.4, -0.2) is 59.2 Å². The molecule has 1 aliphatic heterocycles. The fourth-order valence-electron chi connectivity index (χ4n) is 3.47. The number of hydrogen-bond acceptors (Lipinski definition) is 7. The molecule has 0 unspecified atom stereocenters. The van der Waals surface area contributed by atoms with Gasteiger partial charge in [0.2, 0.25) is 5.60 Å². The van der Waals surface area contributed by atoms with Crippen LogP contribution in [0.5, 0.6) is 5.75 Å². The number of carbonyl (C=O) groups excluding carboxylic acids is 1. The van der Waals surface area contributed by atoms with Crippen LogP contribution in [0.1, 0.15) is 25.8 Å². The van der Waals surface area contributed by atoms with Crippen LogP contribution in [0.25, 0.3) is 0 Å². The number of halogens is 4. The van der Waals surface area contributed by atoms with Crippen LogP contribution in [0.3, 0.4) is 0 Å². The van der Waals surface area contributed by atoms with E-state index in [1.54, 1.807) is 0 Å². The number of nitrogens with zero attached hydrogens (tertiary/aromatic N) is 1. The molecule has 3 rings (SSSR count). The molecular formula is C23H25F4NO7S2. The van der Waals surface area contributed by atoms with Gasteiger partial charge < -0.3 is 9.47 Å². The quantitative estimate of drug-likeness (QED) is 0.354. The van der Waals surface area contributed by atoms with E-state index in [0.29, 0.717) is 13.8 Å². The molecule has 14 heteroatoms. The summed E-state index contributed by atoms with van der Waals surface area (Å²) in [4.78, 5) is 12.0. The number of rotatable bonds is 8. The van der Waals surface area contributed by atoms with E-state index in [9.17, 15) is 39.2 Å². The summed E-state index contributed by atoms with van der Waals surface area (Å²) in [6.45, 7) is 1.12. The van der Waals surface area contributed by atoms with Crippen molar-refractivity contribution in [2.24, 2.45) is 0 Å². The van der Waals surface area contributed by atoms with Gasteiger partial charge in [-0.2, -0.15) is 13.2 Å². The second-order valence-corrected chi connectivity index (χ2v) is 13.2. The van der Waals surface area contributed by atoms with Crippen molar-refractivity contribution in [1.82, 2.24) is 0 Å². The molecule has 0 spiro atoms. The van der Waals surface area contributed by atoms with Gasteiger partial charge in [0.1, 0.15) is 27.5 Å². The van der Waals surface area contributed by atoms with Crippen molar-refractivity contribution >= 4 is 31.5 Å². The average Bonchev–Trinajstić information content (AvgIpc) is 2.75. The van der Waals surface area contributed by atoms with Crippen molar-refractivity contribution in [3.63, 3.8) is 0 Å². The topological polar surface area (TPSA) is 107 Å². The Kier molecular flexibility index (Phi) is 7.85. The van der Waals surface area contributed by atoms with Gasteiger partial charge >= 0.3 is 12.1 Å². The van der Waals surface area contributed by atoms with Gasteiger partial charge in [-0.05, 0) is 62.2 Å². The highest BCUT2D eigenvalue weighted by Crippen LogP contribution is 2.39. The van der Waals surface area contributed by atoms with E-state index in [2.05, 4.69) is 4.74 Å². The molecule has 1 atom stereocenters. The Hall–Kier alpha value is -2.87. The number of anilines is 1. The van der Waals surface area contributed by atoms with Gasteiger partial charge in [-0.1, -0.05) is 6.07 Å². The van der Waals surface area contributed by atoms with Crippen LogP contribution in [0, 0.1) is 5.82 Å². The van der Waals surface area contributed by atoms with Gasteiger partial charge in [0, 0.05) is 6.26 Å². The summed E-state index contributed by atoms with van der Waals surface area (Å²) in [5.41, 5.74) is -2.59. The van der Waals surface area contributed by atoms with E-state index in [1.807, 2.05) is 0 Å². The molecule has 0 radical (unpaired) electrons. The lowest BCUT2D eigenvalue weighted by molar-refractivity contribution is -0.257. The molecular weight excluding hydrogens is 542 g/mol. The lowest BCUT2D eigenvalue weighted by Gasteiger charge is -2.36. The Morgan fingerprint density at radius 3 is 2.27 bits per heavy atom. The number of alkyl halides is 3. The summed E-state index contributed by atoms with van der Waals surface area (Å²) in [6.07, 6.45) is -5.22. The number of sulfonamides is 1. The number of fused-ring (bicyclic) bond motifs is 1. The third-order valence-electron chi connectivity index (χ3n) is 5.57. The van der Waals surface area contributed by atoms with E-state index < -0.39 is 55.9 Å². The first-order chi connectivity index (χ1) is 16.9. The Morgan fingerprint density at radius 2 is 1.70 bits per heavy atom. The second kappa shape index (κ2) is 10.1. The first kappa shape index (κ1) is 28.7. The van der Waals surface area contributed by atoms with Gasteiger partial charge in [-0.3, -0.25) is 9.10 Å². The maximum absolute atomic E-state index is 13.5. The van der Waals surface area contributed by atoms with Crippen LogP contribution in [0.2, 0.25) is 0 Å². The first-order valence-electron chi connectivity index (χ1n) is 10.9. The second-order valence-electron chi connectivity index (χ2n) is 9.11. The van der Waals surface area contributed by atoms with Gasteiger partial charge in [-0.25, -0.2) is 21.2 Å². The lowest BCUT2D eigenvalue weighted by atomic mass is 10.1. The predicted octanol–water partition coefficient (Wildman–Crippen LogP) is 3.64. The normalized spacial score (nSPS) is 16.6. The standard InChI is InChI=1S/C23H25F4NO7S2/c1-22(2,23(25,26)27)35-21(29)13-15-4-9-20-19(12-15)28(14-17(34-20)10-11-36(3,30)31)37(32,33)18-7-5-16(24)6-8-18/h4-9,12,17H,10-11,13-14H2,1-3H3/t17-/m0/s1. The van der Waals surface area contributed by atoms with Crippen LogP contribution in [0.15, 0.2) is 47.4 Å². The molecule has 0 bridgehead atoms. The van der Waals surface area contributed by atoms with Crippen molar-refractivity contribution in [3.8, 4) is 5.75 Å². The zero-order chi connectivity index (χ0) is 27.8. The molecule has 0 aliphatic carbocycles. The maximum atomic E-state index is 13.5. The molecule has 0 fully saturated rings. The van der Waals surface area contributed by atoms with Crippen LogP contribution in [0.4, 0.5) is 23.2 Å². The zero-order valence-corrected chi connectivity index (χ0v) is 21.7. The monoisotopic (exact) mass is 567 g/mol. The number of esters is 1. The summed E-state index contributed by atoms with van der Waals surface area (Å²) in [5, 5.41) is 0. The minimum Gasteiger partial charge on any atom is -0.486 e. The zero-order valence-electron chi connectivity index (χ0n) is 20.1. The molecule has 8 nitrogen and oxygen atoms in total. The maximum Gasteiger partial charge on any atom is 0.427 e. The number of benzene rings is 2. The fraction of sp³-hybridized carbons (Fsp3) is 0.435. The van der Waals surface area contributed by atoms with Crippen molar-refractivity contribution in [2.75, 3.05) is 22.9 Å². The molecule has 2 aromatic rings. The van der Waals surface area contributed by atoms with Gasteiger partial charge in [-0.15, -0.1) is 0 Å². The summed E-state index contributed by atoms with van der Waals surface area (Å²) in [7, 11) is -7.68. The summed E-state index contributed by atoms with van der Waals surface area (Å²) in [6, 6.07) is 8.02. The molecule has 1 aliphatic rings. The van der Waals surface area contributed by atoms with Crippen molar-refractivity contribution < 1.29 is 48.7 Å². The van der Waals surface area contributed by atoms with Gasteiger partial charge in [0.25, 0.3) is 10.0 Å². The molecule has 1 heterocycles. The molecule has 204 valence electrons. The average molecular weight is 568 g/mol. The minimum absolute atomic E-state index is 0.0136. The molecule has 0 amide bonds.